The summed E-state index contributed by atoms with van der Waals surface area (Å²) in [6.07, 6.45) is 9.57. The van der Waals surface area contributed by atoms with Crippen LogP contribution in [0.2, 0.25) is 0 Å². The lowest BCUT2D eigenvalue weighted by Crippen LogP contribution is -2.15. The number of hydrogen-bond acceptors (Lipinski definition) is 4. The van der Waals surface area contributed by atoms with Gasteiger partial charge in [-0.25, -0.2) is 4.79 Å². The number of halogens is 1. The van der Waals surface area contributed by atoms with Crippen molar-refractivity contribution < 1.29 is 23.8 Å². The second-order valence-corrected chi connectivity index (χ2v) is 11.0. The first-order valence-electron chi connectivity index (χ1n) is 12.7. The van der Waals surface area contributed by atoms with E-state index in [1.165, 1.54) is 42.4 Å². The number of rotatable bonds is 5. The van der Waals surface area contributed by atoms with Gasteiger partial charge in [0.15, 0.2) is 0 Å². The molecule has 0 amide bonds. The number of methoxy groups -OCH3 is 1. The number of carbonyl (C=O) groups is 2. The second kappa shape index (κ2) is 13.5. The summed E-state index contributed by atoms with van der Waals surface area (Å²) in [7, 11) is 1.71. The van der Waals surface area contributed by atoms with E-state index >= 15 is 0 Å². The number of allylic oxidation sites excluding steroid dienone is 2. The maximum absolute atomic E-state index is 11.7. The van der Waals surface area contributed by atoms with E-state index in [4.69, 9.17) is 4.74 Å². The van der Waals surface area contributed by atoms with E-state index in [1.807, 2.05) is 76.2 Å². The fourth-order valence-electron chi connectivity index (χ4n) is 4.01. The lowest BCUT2D eigenvalue weighted by molar-refractivity contribution is -0.182. The predicted octanol–water partition coefficient (Wildman–Crippen LogP) is 7.88. The Balaban J connectivity index is 0.000000251. The van der Waals surface area contributed by atoms with Gasteiger partial charge in [-0.1, -0.05) is 67.1 Å². The Kier molecular flexibility index (Phi) is 11.0. The molecule has 0 N–H and O–H groups in total. The van der Waals surface area contributed by atoms with E-state index in [9.17, 15) is 14.1 Å². The maximum atomic E-state index is 11.7. The largest absolute Gasteiger partial charge is 0.379 e. The molecule has 2 aromatic rings. The molecule has 1 unspecified atom stereocenters. The van der Waals surface area contributed by atoms with Crippen molar-refractivity contribution in [1.82, 2.24) is 0 Å². The number of aldehydes is 1. The Morgan fingerprint density at radius 1 is 1.08 bits per heavy atom. The number of carbonyl (C=O) groups excluding carboxylic acids is 2. The molecule has 2 aliphatic rings. The molecule has 36 heavy (non-hydrogen) atoms. The fourth-order valence-corrected chi connectivity index (χ4v) is 4.01. The molecule has 4 nitrogen and oxygen atoms in total. The molecule has 0 heterocycles. The number of aryl methyl sites for hydroxylation is 1. The summed E-state index contributed by atoms with van der Waals surface area (Å²) >= 11 is 0. The average Bonchev–Trinajstić information content (AvgIpc) is 3.64. The molecule has 0 bridgehead atoms. The molecule has 1 saturated carbocycles. The summed E-state index contributed by atoms with van der Waals surface area (Å²) in [6.45, 7) is 10.5. The van der Waals surface area contributed by atoms with Crippen molar-refractivity contribution in [2.24, 2.45) is 11.3 Å². The minimum atomic E-state index is -0.847. The van der Waals surface area contributed by atoms with Gasteiger partial charge in [-0.15, -0.1) is 0 Å². The number of hydrogen-bond donors (Lipinski definition) is 0. The molecule has 0 saturated heterocycles. The summed E-state index contributed by atoms with van der Waals surface area (Å²) in [5.41, 5.74) is 5.96. The monoisotopic (exact) mass is 496 g/mol. The first-order valence-corrected chi connectivity index (χ1v) is 12.7. The second-order valence-electron chi connectivity index (χ2n) is 11.0. The van der Waals surface area contributed by atoms with Gasteiger partial charge in [-0.2, -0.15) is 0 Å². The van der Waals surface area contributed by atoms with Gasteiger partial charge in [0.2, 0.25) is 0 Å². The van der Waals surface area contributed by atoms with Crippen LogP contribution in [-0.4, -0.2) is 25.0 Å². The molecule has 1 atom stereocenters. The standard InChI is InChI=1S/C18H21FO2.C8H8O.C5H12O/c1-18(10-11-18)16-8-6-15(7-9-16)14-4-2-13(3-5-14)12-17(20)21-19;1-7-2-4-8(6-9)5-3-7;1-5(2,3)6-4/h2-6,16H,7-12H2,1H3;2-6H,1H3;1-4H3. The Morgan fingerprint density at radius 2 is 1.67 bits per heavy atom. The molecular weight excluding hydrogens is 455 g/mol. The molecule has 0 aliphatic heterocycles. The summed E-state index contributed by atoms with van der Waals surface area (Å²) in [6, 6.07) is 15.2. The number of ether oxygens (including phenoxy) is 1. The quantitative estimate of drug-likeness (QED) is 0.395. The van der Waals surface area contributed by atoms with Crippen LogP contribution in [0.15, 0.2) is 54.6 Å². The molecule has 4 rings (SSSR count). The van der Waals surface area contributed by atoms with Gasteiger partial charge in [0.1, 0.15) is 6.29 Å². The van der Waals surface area contributed by atoms with Crippen molar-refractivity contribution >= 4 is 17.8 Å². The molecule has 1 fully saturated rings. The average molecular weight is 497 g/mol. The van der Waals surface area contributed by atoms with Crippen LogP contribution in [0.3, 0.4) is 0 Å². The van der Waals surface area contributed by atoms with Crippen LogP contribution >= 0.6 is 0 Å². The van der Waals surface area contributed by atoms with Gasteiger partial charge in [0.05, 0.1) is 12.0 Å². The highest BCUT2D eigenvalue weighted by molar-refractivity contribution is 5.74. The smallest absolute Gasteiger partial charge is 0.353 e. The summed E-state index contributed by atoms with van der Waals surface area (Å²) in [4.78, 5) is 24.2. The van der Waals surface area contributed by atoms with Crippen LogP contribution in [0, 0.1) is 18.3 Å². The third kappa shape index (κ3) is 10.1. The minimum Gasteiger partial charge on any atom is -0.379 e. The predicted molar refractivity (Wildman–Crippen MR) is 143 cm³/mol. The van der Waals surface area contributed by atoms with Gasteiger partial charge in [0.25, 0.3) is 0 Å². The van der Waals surface area contributed by atoms with Gasteiger partial charge >= 0.3 is 5.97 Å². The van der Waals surface area contributed by atoms with Crippen molar-refractivity contribution in [1.29, 1.82) is 0 Å². The van der Waals surface area contributed by atoms with E-state index in [1.54, 1.807) is 7.11 Å². The van der Waals surface area contributed by atoms with Crippen molar-refractivity contribution in [3.63, 3.8) is 0 Å². The van der Waals surface area contributed by atoms with Gasteiger partial charge in [-0.05, 0) is 87.8 Å². The van der Waals surface area contributed by atoms with E-state index in [-0.39, 0.29) is 12.0 Å². The zero-order chi connectivity index (χ0) is 26.8. The van der Waals surface area contributed by atoms with Crippen LogP contribution in [-0.2, 0) is 20.9 Å². The third-order valence-electron chi connectivity index (χ3n) is 7.02. The summed E-state index contributed by atoms with van der Waals surface area (Å²) in [5, 5.41) is 0. The Hall–Kier alpha value is -2.79. The van der Waals surface area contributed by atoms with Crippen molar-refractivity contribution in [2.45, 2.75) is 78.7 Å². The molecular formula is C31H41FO4. The van der Waals surface area contributed by atoms with E-state index in [2.05, 4.69) is 17.9 Å². The molecule has 196 valence electrons. The van der Waals surface area contributed by atoms with Crippen molar-refractivity contribution in [3.05, 3.63) is 76.9 Å². The highest BCUT2D eigenvalue weighted by atomic mass is 19.3. The van der Waals surface area contributed by atoms with E-state index in [0.717, 1.165) is 29.8 Å². The van der Waals surface area contributed by atoms with E-state index in [0.29, 0.717) is 5.41 Å². The lowest BCUT2D eigenvalue weighted by Gasteiger charge is -2.27. The molecule has 2 aromatic carbocycles. The molecule has 0 spiro atoms. The lowest BCUT2D eigenvalue weighted by atomic mass is 9.78. The van der Waals surface area contributed by atoms with Crippen LogP contribution in [0.25, 0.3) is 5.57 Å². The van der Waals surface area contributed by atoms with Crippen LogP contribution < -0.4 is 0 Å². The number of benzene rings is 2. The topological polar surface area (TPSA) is 52.6 Å². The molecule has 0 radical (unpaired) electrons. The third-order valence-corrected chi connectivity index (χ3v) is 7.02. The highest BCUT2D eigenvalue weighted by Crippen LogP contribution is 2.56. The van der Waals surface area contributed by atoms with Gasteiger partial charge < -0.3 is 4.74 Å². The zero-order valence-electron chi connectivity index (χ0n) is 22.6. The molecule has 5 heteroatoms. The van der Waals surface area contributed by atoms with Crippen LogP contribution in [0.1, 0.15) is 86.8 Å². The first-order chi connectivity index (χ1) is 17.0. The SMILES string of the molecule is CC1(C2CC=C(c3ccc(CC(=O)OF)cc3)CC2)CC1.COC(C)(C)C.Cc1ccc(C=O)cc1. The normalized spacial score (nSPS) is 17.9. The fraction of sp³-hybridized carbons (Fsp3) is 0.484. The molecule has 0 aromatic heterocycles. The Labute approximate surface area is 215 Å². The summed E-state index contributed by atoms with van der Waals surface area (Å²) < 4.78 is 16.7. The summed E-state index contributed by atoms with van der Waals surface area (Å²) in [5.74, 6) is -0.00000128. The van der Waals surface area contributed by atoms with E-state index < -0.39 is 5.97 Å². The molecule has 2 aliphatic carbocycles. The van der Waals surface area contributed by atoms with Gasteiger partial charge in [0, 0.05) is 17.2 Å². The van der Waals surface area contributed by atoms with Crippen molar-refractivity contribution in [2.75, 3.05) is 7.11 Å². The minimum absolute atomic E-state index is 0.0176. The highest BCUT2D eigenvalue weighted by Gasteiger charge is 2.44. The van der Waals surface area contributed by atoms with Crippen LogP contribution in [0.5, 0.6) is 0 Å². The van der Waals surface area contributed by atoms with Crippen molar-refractivity contribution in [3.8, 4) is 0 Å². The Bertz CT molecular complexity index is 996. The van der Waals surface area contributed by atoms with Crippen LogP contribution in [0.4, 0.5) is 4.53 Å². The first kappa shape index (κ1) is 29.4. The maximum Gasteiger partial charge on any atom is 0.353 e. The van der Waals surface area contributed by atoms with Gasteiger partial charge in [-0.3, -0.25) is 9.74 Å². The zero-order valence-corrected chi connectivity index (χ0v) is 22.6. The Morgan fingerprint density at radius 3 is 2.08 bits per heavy atom.